The van der Waals surface area contributed by atoms with Crippen molar-refractivity contribution in [2.24, 2.45) is 0 Å². The Morgan fingerprint density at radius 3 is 2.18 bits per heavy atom. The molecule has 0 radical (unpaired) electrons. The van der Waals surface area contributed by atoms with E-state index in [0.717, 1.165) is 0 Å². The van der Waals surface area contributed by atoms with Crippen LogP contribution in [0.25, 0.3) is 0 Å². The molecular formula is C24H19ClFN3O4. The lowest BCUT2D eigenvalue weighted by molar-refractivity contribution is -0.384. The number of nitrogens with zero attached hydrogens (tertiary/aromatic N) is 3. The Balaban J connectivity index is 1.52. The number of nitro groups is 1. The van der Waals surface area contributed by atoms with Crippen LogP contribution in [0.15, 0.2) is 66.7 Å². The summed E-state index contributed by atoms with van der Waals surface area (Å²) in [4.78, 5) is 40.6. The van der Waals surface area contributed by atoms with Gasteiger partial charge in [-0.3, -0.25) is 19.7 Å². The summed E-state index contributed by atoms with van der Waals surface area (Å²) in [7, 11) is 0. The van der Waals surface area contributed by atoms with Gasteiger partial charge in [0, 0.05) is 48.4 Å². The van der Waals surface area contributed by atoms with Crippen LogP contribution >= 0.6 is 11.6 Å². The third kappa shape index (κ3) is 4.70. The first-order valence-electron chi connectivity index (χ1n) is 10.2. The average molecular weight is 468 g/mol. The molecule has 1 aliphatic heterocycles. The number of rotatable bonds is 5. The van der Waals surface area contributed by atoms with Gasteiger partial charge in [0.1, 0.15) is 11.5 Å². The predicted molar refractivity (Wildman–Crippen MR) is 122 cm³/mol. The SMILES string of the molecule is O=C(c1ccc(F)cc1)c1ccccc1C(=O)N1CCN(c2ccc(Cl)cc2[N+](=O)[O-])CC1. The maximum absolute atomic E-state index is 13.2. The second-order valence-electron chi connectivity index (χ2n) is 7.55. The molecule has 9 heteroatoms. The van der Waals surface area contributed by atoms with Gasteiger partial charge in [-0.1, -0.05) is 29.8 Å². The van der Waals surface area contributed by atoms with Crippen molar-refractivity contribution >= 4 is 34.7 Å². The molecule has 0 aliphatic carbocycles. The molecule has 1 heterocycles. The zero-order valence-electron chi connectivity index (χ0n) is 17.4. The van der Waals surface area contributed by atoms with Gasteiger partial charge in [-0.2, -0.15) is 0 Å². The number of carbonyl (C=O) groups excluding carboxylic acids is 2. The minimum absolute atomic E-state index is 0.0856. The lowest BCUT2D eigenvalue weighted by atomic mass is 9.97. The maximum Gasteiger partial charge on any atom is 0.294 e. The fourth-order valence-corrected chi connectivity index (χ4v) is 4.02. The van der Waals surface area contributed by atoms with E-state index in [0.29, 0.717) is 31.9 Å². The van der Waals surface area contributed by atoms with Gasteiger partial charge in [0.2, 0.25) is 0 Å². The fraction of sp³-hybridized carbons (Fsp3) is 0.167. The minimum atomic E-state index is -0.476. The van der Waals surface area contributed by atoms with Crippen LogP contribution in [0.1, 0.15) is 26.3 Å². The summed E-state index contributed by atoms with van der Waals surface area (Å²) in [5.74, 6) is -1.12. The van der Waals surface area contributed by atoms with Crippen LogP contribution in [0.4, 0.5) is 15.8 Å². The quantitative estimate of drug-likeness (QED) is 0.311. The smallest absolute Gasteiger partial charge is 0.294 e. The molecular weight excluding hydrogens is 449 g/mol. The van der Waals surface area contributed by atoms with Crippen LogP contribution in [0.2, 0.25) is 5.02 Å². The third-order valence-electron chi connectivity index (χ3n) is 5.55. The van der Waals surface area contributed by atoms with Gasteiger partial charge in [-0.05, 0) is 42.5 Å². The summed E-state index contributed by atoms with van der Waals surface area (Å²) in [5, 5.41) is 11.7. The van der Waals surface area contributed by atoms with Gasteiger partial charge in [0.25, 0.3) is 11.6 Å². The molecule has 0 aromatic heterocycles. The Morgan fingerprint density at radius 2 is 1.55 bits per heavy atom. The zero-order chi connectivity index (χ0) is 23.5. The number of hydrogen-bond donors (Lipinski definition) is 0. The minimum Gasteiger partial charge on any atom is -0.362 e. The van der Waals surface area contributed by atoms with Gasteiger partial charge in [-0.25, -0.2) is 4.39 Å². The molecule has 7 nitrogen and oxygen atoms in total. The summed E-state index contributed by atoms with van der Waals surface area (Å²) < 4.78 is 13.2. The van der Waals surface area contributed by atoms with Gasteiger partial charge < -0.3 is 9.80 Å². The lowest BCUT2D eigenvalue weighted by Crippen LogP contribution is -2.49. The second kappa shape index (κ2) is 9.38. The Bertz CT molecular complexity index is 1220. The highest BCUT2D eigenvalue weighted by atomic mass is 35.5. The number of amides is 1. The number of piperazine rings is 1. The van der Waals surface area contributed by atoms with E-state index in [-0.39, 0.29) is 39.1 Å². The van der Waals surface area contributed by atoms with Crippen molar-refractivity contribution < 1.29 is 18.9 Å². The molecule has 4 rings (SSSR count). The van der Waals surface area contributed by atoms with Crippen LogP contribution in [0, 0.1) is 15.9 Å². The van der Waals surface area contributed by atoms with Gasteiger partial charge in [0.05, 0.1) is 10.5 Å². The van der Waals surface area contributed by atoms with E-state index in [4.69, 9.17) is 11.6 Å². The topological polar surface area (TPSA) is 83.8 Å². The van der Waals surface area contributed by atoms with Gasteiger partial charge >= 0.3 is 0 Å². The Hall–Kier alpha value is -3.78. The monoisotopic (exact) mass is 467 g/mol. The fourth-order valence-electron chi connectivity index (χ4n) is 3.86. The van der Waals surface area contributed by atoms with Crippen LogP contribution in [0.3, 0.4) is 0 Å². The predicted octanol–water partition coefficient (Wildman–Crippen LogP) is 4.58. The Labute approximate surface area is 194 Å². The normalized spacial score (nSPS) is 13.6. The van der Waals surface area contributed by atoms with E-state index in [2.05, 4.69) is 0 Å². The van der Waals surface area contributed by atoms with Gasteiger partial charge in [0.15, 0.2) is 5.78 Å². The number of carbonyl (C=O) groups is 2. The van der Waals surface area contributed by atoms with Crippen molar-refractivity contribution in [2.75, 3.05) is 31.1 Å². The van der Waals surface area contributed by atoms with E-state index in [9.17, 15) is 24.1 Å². The average Bonchev–Trinajstić information content (AvgIpc) is 2.83. The van der Waals surface area contributed by atoms with E-state index in [1.165, 1.54) is 30.3 Å². The lowest BCUT2D eigenvalue weighted by Gasteiger charge is -2.36. The largest absolute Gasteiger partial charge is 0.362 e. The van der Waals surface area contributed by atoms with Crippen molar-refractivity contribution in [3.8, 4) is 0 Å². The molecule has 1 aliphatic rings. The number of halogens is 2. The molecule has 1 amide bonds. The summed E-state index contributed by atoms with van der Waals surface area (Å²) in [6.07, 6.45) is 0. The van der Waals surface area contributed by atoms with Crippen LogP contribution in [-0.2, 0) is 0 Å². The molecule has 3 aromatic carbocycles. The molecule has 0 bridgehead atoms. The Kier molecular flexibility index (Phi) is 6.37. The summed E-state index contributed by atoms with van der Waals surface area (Å²) in [5.41, 5.74) is 1.15. The first-order valence-corrected chi connectivity index (χ1v) is 10.6. The first kappa shape index (κ1) is 22.4. The second-order valence-corrected chi connectivity index (χ2v) is 7.99. The Morgan fingerprint density at radius 1 is 0.909 bits per heavy atom. The summed E-state index contributed by atoms with van der Waals surface area (Å²) >= 11 is 5.90. The van der Waals surface area contributed by atoms with E-state index in [1.807, 2.05) is 4.90 Å². The number of ketones is 1. The summed E-state index contributed by atoms with van der Waals surface area (Å²) in [6, 6.07) is 16.2. The molecule has 0 spiro atoms. The number of hydrogen-bond acceptors (Lipinski definition) is 5. The third-order valence-corrected chi connectivity index (χ3v) is 5.79. The van der Waals surface area contributed by atoms with Crippen LogP contribution < -0.4 is 4.90 Å². The molecule has 0 saturated carbocycles. The molecule has 0 atom stereocenters. The van der Waals surface area contributed by atoms with Crippen molar-refractivity contribution in [1.29, 1.82) is 0 Å². The standard InChI is InChI=1S/C24H19ClFN3O4/c25-17-7-10-21(22(15-17)29(32)33)27-11-13-28(14-12-27)24(31)20-4-2-1-3-19(20)23(30)16-5-8-18(26)9-6-16/h1-10,15H,11-14H2. The molecule has 3 aromatic rings. The van der Waals surface area contributed by atoms with E-state index in [1.54, 1.807) is 41.3 Å². The van der Waals surface area contributed by atoms with Crippen molar-refractivity contribution in [1.82, 2.24) is 4.90 Å². The summed E-state index contributed by atoms with van der Waals surface area (Å²) in [6.45, 7) is 1.44. The number of benzene rings is 3. The highest BCUT2D eigenvalue weighted by Gasteiger charge is 2.28. The highest BCUT2D eigenvalue weighted by Crippen LogP contribution is 2.32. The maximum atomic E-state index is 13.2. The van der Waals surface area contributed by atoms with Crippen LogP contribution in [-0.4, -0.2) is 47.7 Å². The molecule has 168 valence electrons. The van der Waals surface area contributed by atoms with Crippen LogP contribution in [0.5, 0.6) is 0 Å². The molecule has 0 unspecified atom stereocenters. The molecule has 0 N–H and O–H groups in total. The molecule has 1 fully saturated rings. The van der Waals surface area contributed by atoms with E-state index >= 15 is 0 Å². The highest BCUT2D eigenvalue weighted by molar-refractivity contribution is 6.31. The number of anilines is 1. The van der Waals surface area contributed by atoms with Crippen molar-refractivity contribution in [3.05, 3.63) is 104 Å². The molecule has 1 saturated heterocycles. The zero-order valence-corrected chi connectivity index (χ0v) is 18.2. The first-order chi connectivity index (χ1) is 15.8. The molecule has 33 heavy (non-hydrogen) atoms. The van der Waals surface area contributed by atoms with E-state index < -0.39 is 10.7 Å². The number of nitro benzene ring substituents is 1. The van der Waals surface area contributed by atoms with Gasteiger partial charge in [-0.15, -0.1) is 0 Å². The van der Waals surface area contributed by atoms with Crippen molar-refractivity contribution in [2.45, 2.75) is 0 Å². The van der Waals surface area contributed by atoms with Crippen molar-refractivity contribution in [3.63, 3.8) is 0 Å².